The molecule has 0 saturated carbocycles. The van der Waals surface area contributed by atoms with Crippen LogP contribution in [0.25, 0.3) is 0 Å². The van der Waals surface area contributed by atoms with Crippen LogP contribution in [0, 0.1) is 13.8 Å². The molecule has 9 heteroatoms. The van der Waals surface area contributed by atoms with E-state index in [1.807, 2.05) is 36.4 Å². The van der Waals surface area contributed by atoms with Crippen LogP contribution in [0.4, 0.5) is 11.4 Å². The Hall–Kier alpha value is -3.72. The number of hydrogen-bond donors (Lipinski definition) is 2. The third-order valence-electron chi connectivity index (χ3n) is 6.99. The van der Waals surface area contributed by atoms with E-state index < -0.39 is 0 Å². The van der Waals surface area contributed by atoms with Crippen LogP contribution in [0.5, 0.6) is 0 Å². The summed E-state index contributed by atoms with van der Waals surface area (Å²) in [7, 11) is 1.47. The number of ether oxygens (including phenoxy) is 1. The highest BCUT2D eigenvalue weighted by molar-refractivity contribution is 7.80. The maximum atomic E-state index is 12.1. The molecule has 2 aromatic heterocycles. The van der Waals surface area contributed by atoms with Gasteiger partial charge in [0.2, 0.25) is 5.91 Å². The van der Waals surface area contributed by atoms with Crippen LogP contribution in [0.15, 0.2) is 79.0 Å². The molecular formula is C30H30ClN5O2S. The second-order valence-corrected chi connectivity index (χ2v) is 10.3. The van der Waals surface area contributed by atoms with E-state index in [0.717, 1.165) is 34.9 Å². The van der Waals surface area contributed by atoms with Crippen LogP contribution in [-0.2, 0) is 16.1 Å². The van der Waals surface area contributed by atoms with Gasteiger partial charge in [-0.15, -0.1) is 0 Å². The monoisotopic (exact) mass is 559 g/mol. The molecule has 200 valence electrons. The van der Waals surface area contributed by atoms with Gasteiger partial charge in [-0.05, 0) is 73.6 Å². The molecule has 39 heavy (non-hydrogen) atoms. The van der Waals surface area contributed by atoms with Gasteiger partial charge >= 0.3 is 0 Å². The lowest BCUT2D eigenvalue weighted by molar-refractivity contribution is -0.119. The summed E-state index contributed by atoms with van der Waals surface area (Å²) in [5, 5.41) is 7.29. The first-order valence-corrected chi connectivity index (χ1v) is 13.5. The molecule has 1 amide bonds. The number of benzene rings is 2. The third-order valence-corrected chi connectivity index (χ3v) is 7.62. The molecular weight excluding hydrogens is 530 g/mol. The number of anilines is 2. The molecule has 2 aromatic carbocycles. The molecule has 1 aliphatic heterocycles. The molecule has 0 unspecified atom stereocenters. The molecule has 4 aromatic rings. The number of nitrogens with one attached hydrogen (secondary N) is 2. The Morgan fingerprint density at radius 2 is 1.87 bits per heavy atom. The quantitative estimate of drug-likeness (QED) is 0.259. The fourth-order valence-corrected chi connectivity index (χ4v) is 5.73. The highest BCUT2D eigenvalue weighted by atomic mass is 35.5. The second-order valence-electron chi connectivity index (χ2n) is 9.54. The van der Waals surface area contributed by atoms with Gasteiger partial charge in [0.15, 0.2) is 5.11 Å². The summed E-state index contributed by atoms with van der Waals surface area (Å²) >= 11 is 12.5. The van der Waals surface area contributed by atoms with E-state index in [2.05, 4.69) is 69.3 Å². The lowest BCUT2D eigenvalue weighted by Crippen LogP contribution is -2.29. The number of carbonyl (C=O) groups is 1. The minimum absolute atomic E-state index is 0.0510. The summed E-state index contributed by atoms with van der Waals surface area (Å²) < 4.78 is 7.25. The first-order chi connectivity index (χ1) is 18.9. The summed E-state index contributed by atoms with van der Waals surface area (Å²) in [6.07, 6.45) is 1.80. The first kappa shape index (κ1) is 26.9. The van der Waals surface area contributed by atoms with Crippen LogP contribution < -0.4 is 15.5 Å². The second kappa shape index (κ2) is 11.6. The lowest BCUT2D eigenvalue weighted by Gasteiger charge is -2.28. The number of aryl methyl sites for hydroxylation is 1. The molecule has 5 rings (SSSR count). The van der Waals surface area contributed by atoms with E-state index in [1.54, 1.807) is 12.3 Å². The zero-order valence-electron chi connectivity index (χ0n) is 22.0. The van der Waals surface area contributed by atoms with Crippen molar-refractivity contribution in [1.82, 2.24) is 14.9 Å². The number of rotatable bonds is 8. The van der Waals surface area contributed by atoms with Gasteiger partial charge in [0.1, 0.15) is 6.61 Å². The van der Waals surface area contributed by atoms with Crippen molar-refractivity contribution in [2.75, 3.05) is 23.9 Å². The van der Waals surface area contributed by atoms with Gasteiger partial charge in [0.05, 0.1) is 28.5 Å². The van der Waals surface area contributed by atoms with E-state index in [4.69, 9.17) is 28.6 Å². The molecule has 3 heterocycles. The molecule has 0 aliphatic carbocycles. The summed E-state index contributed by atoms with van der Waals surface area (Å²) in [6.45, 7) is 5.01. The Balaban J connectivity index is 1.56. The van der Waals surface area contributed by atoms with E-state index in [0.29, 0.717) is 15.8 Å². The number of aromatic nitrogens is 2. The van der Waals surface area contributed by atoms with Gasteiger partial charge in [-0.2, -0.15) is 0 Å². The Morgan fingerprint density at radius 1 is 1.10 bits per heavy atom. The maximum Gasteiger partial charge on any atom is 0.250 e. The SMILES string of the molecule is COCC(=O)Nc1ccc(N2C(=S)N[C@H](c3ccccn3)[C@@H]2c2cc(C)n(Cc3ccccc3)c2C)cc1Cl. The van der Waals surface area contributed by atoms with E-state index in [-0.39, 0.29) is 24.6 Å². The predicted octanol–water partition coefficient (Wildman–Crippen LogP) is 5.96. The van der Waals surface area contributed by atoms with Crippen LogP contribution in [0.1, 0.15) is 40.3 Å². The molecule has 1 saturated heterocycles. The van der Waals surface area contributed by atoms with E-state index in [9.17, 15) is 4.79 Å². The highest BCUT2D eigenvalue weighted by Gasteiger charge is 2.42. The van der Waals surface area contributed by atoms with Gasteiger partial charge in [-0.1, -0.05) is 48.0 Å². The summed E-state index contributed by atoms with van der Waals surface area (Å²) in [4.78, 5) is 18.8. The van der Waals surface area contributed by atoms with Crippen molar-refractivity contribution in [3.8, 4) is 0 Å². The van der Waals surface area contributed by atoms with Crippen LogP contribution in [-0.4, -0.2) is 34.3 Å². The molecule has 2 atom stereocenters. The van der Waals surface area contributed by atoms with Crippen molar-refractivity contribution in [1.29, 1.82) is 0 Å². The highest BCUT2D eigenvalue weighted by Crippen LogP contribution is 2.44. The van der Waals surface area contributed by atoms with Crippen molar-refractivity contribution in [2.45, 2.75) is 32.5 Å². The molecule has 7 nitrogen and oxygen atoms in total. The minimum atomic E-state index is -0.274. The topological polar surface area (TPSA) is 71.4 Å². The number of methoxy groups -OCH3 is 1. The zero-order chi connectivity index (χ0) is 27.5. The number of carbonyl (C=O) groups excluding carboxylic acids is 1. The molecule has 1 aliphatic rings. The van der Waals surface area contributed by atoms with E-state index >= 15 is 0 Å². The van der Waals surface area contributed by atoms with Crippen molar-refractivity contribution < 1.29 is 9.53 Å². The Labute approximate surface area is 238 Å². The average molecular weight is 560 g/mol. The smallest absolute Gasteiger partial charge is 0.250 e. The van der Waals surface area contributed by atoms with Crippen LogP contribution in [0.2, 0.25) is 5.02 Å². The third kappa shape index (κ3) is 5.54. The maximum absolute atomic E-state index is 12.1. The Bertz CT molecular complexity index is 1490. The number of hydrogen-bond acceptors (Lipinski definition) is 4. The van der Waals surface area contributed by atoms with E-state index in [1.165, 1.54) is 12.7 Å². The number of nitrogens with zero attached hydrogens (tertiary/aromatic N) is 3. The van der Waals surface area contributed by atoms with Crippen molar-refractivity contribution >= 4 is 46.2 Å². The summed E-state index contributed by atoms with van der Waals surface area (Å²) in [5.41, 5.74) is 6.95. The van der Waals surface area contributed by atoms with Gasteiger partial charge < -0.3 is 24.8 Å². The predicted molar refractivity (Wildman–Crippen MR) is 159 cm³/mol. The number of amides is 1. The average Bonchev–Trinajstić information content (AvgIpc) is 3.42. The molecule has 0 spiro atoms. The standard InChI is InChI=1S/C30H30ClN5O2S/c1-19-15-23(20(2)35(19)17-21-9-5-4-6-10-21)29-28(26-11-7-8-14-32-26)34-30(39)36(29)22-12-13-25(24(31)16-22)33-27(37)18-38-3/h4-16,28-29H,17-18H2,1-3H3,(H,33,37)(H,34,39)/t28-,29+/m1/s1. The van der Waals surface area contributed by atoms with Crippen molar-refractivity contribution in [2.24, 2.45) is 0 Å². The fourth-order valence-electron chi connectivity index (χ4n) is 5.16. The Morgan fingerprint density at radius 3 is 2.56 bits per heavy atom. The lowest BCUT2D eigenvalue weighted by atomic mass is 9.96. The molecule has 1 fully saturated rings. The van der Waals surface area contributed by atoms with Crippen molar-refractivity contribution in [3.63, 3.8) is 0 Å². The number of thiocarbonyl (C=S) groups is 1. The minimum Gasteiger partial charge on any atom is -0.375 e. The number of pyridine rings is 1. The van der Waals surface area contributed by atoms with Crippen LogP contribution >= 0.6 is 23.8 Å². The van der Waals surface area contributed by atoms with Gasteiger partial charge in [0.25, 0.3) is 0 Å². The van der Waals surface area contributed by atoms with Gasteiger partial charge in [0, 0.05) is 36.9 Å². The molecule has 2 N–H and O–H groups in total. The van der Waals surface area contributed by atoms with Gasteiger partial charge in [-0.25, -0.2) is 0 Å². The van der Waals surface area contributed by atoms with Crippen LogP contribution in [0.3, 0.4) is 0 Å². The Kier molecular flexibility index (Phi) is 7.97. The number of halogens is 1. The molecule has 0 radical (unpaired) electrons. The largest absolute Gasteiger partial charge is 0.375 e. The van der Waals surface area contributed by atoms with Gasteiger partial charge in [-0.3, -0.25) is 9.78 Å². The van der Waals surface area contributed by atoms with Crippen molar-refractivity contribution in [3.05, 3.63) is 112 Å². The molecule has 0 bridgehead atoms. The zero-order valence-corrected chi connectivity index (χ0v) is 23.6. The normalized spacial score (nSPS) is 16.8. The summed E-state index contributed by atoms with van der Waals surface area (Å²) in [5.74, 6) is -0.274. The fraction of sp³-hybridized carbons (Fsp3) is 0.233. The first-order valence-electron chi connectivity index (χ1n) is 12.7. The summed E-state index contributed by atoms with van der Waals surface area (Å²) in [6, 6.07) is 23.8.